The van der Waals surface area contributed by atoms with Gasteiger partial charge in [-0.25, -0.2) is 4.98 Å². The Morgan fingerprint density at radius 3 is 3.05 bits per heavy atom. The van der Waals surface area contributed by atoms with Crippen molar-refractivity contribution in [3.8, 4) is 6.07 Å². The van der Waals surface area contributed by atoms with Crippen LogP contribution in [0.2, 0.25) is 0 Å². The summed E-state index contributed by atoms with van der Waals surface area (Å²) in [6.45, 7) is 1.96. The van der Waals surface area contributed by atoms with E-state index in [-0.39, 0.29) is 5.82 Å². The van der Waals surface area contributed by atoms with E-state index in [0.29, 0.717) is 5.57 Å². The summed E-state index contributed by atoms with van der Waals surface area (Å²) in [6, 6.07) is 7.84. The zero-order valence-corrected chi connectivity index (χ0v) is 11.5. The molecule has 2 heterocycles. The third kappa shape index (κ3) is 2.32. The number of fused-ring (bicyclic) bond motifs is 1. The van der Waals surface area contributed by atoms with Crippen molar-refractivity contribution in [2.45, 2.75) is 6.92 Å². The van der Waals surface area contributed by atoms with Crippen LogP contribution in [0.4, 0.5) is 5.69 Å². The Hall–Kier alpha value is -3.21. The lowest BCUT2D eigenvalue weighted by Gasteiger charge is -2.02. The first-order valence-corrected chi connectivity index (χ1v) is 6.23. The fourth-order valence-electron chi connectivity index (χ4n) is 1.99. The van der Waals surface area contributed by atoms with Crippen LogP contribution in [0.1, 0.15) is 11.6 Å². The molecule has 0 fully saturated rings. The van der Waals surface area contributed by atoms with E-state index in [4.69, 9.17) is 5.26 Å². The molecule has 3 aromatic rings. The van der Waals surface area contributed by atoms with Gasteiger partial charge in [0.1, 0.15) is 17.5 Å². The van der Waals surface area contributed by atoms with E-state index in [9.17, 15) is 0 Å². The van der Waals surface area contributed by atoms with Gasteiger partial charge in [0.05, 0.1) is 11.0 Å². The Bertz CT molecular complexity index is 850. The number of hydrogen-bond donors (Lipinski definition) is 2. The molecule has 0 aliphatic carbocycles. The van der Waals surface area contributed by atoms with Crippen LogP contribution in [0, 0.1) is 18.3 Å². The maximum absolute atomic E-state index is 9.09. The molecule has 1 aromatic carbocycles. The summed E-state index contributed by atoms with van der Waals surface area (Å²) < 4.78 is 2.02. The molecule has 0 radical (unpaired) electrons. The van der Waals surface area contributed by atoms with Crippen LogP contribution < -0.4 is 5.32 Å². The average Bonchev–Trinajstić information content (AvgIpc) is 3.10. The molecule has 0 aliphatic heterocycles. The lowest BCUT2D eigenvalue weighted by atomic mass is 10.2. The third-order valence-electron chi connectivity index (χ3n) is 3.19. The Morgan fingerprint density at radius 1 is 1.48 bits per heavy atom. The Morgan fingerprint density at radius 2 is 2.33 bits per heavy atom. The predicted octanol–water partition coefficient (Wildman–Crippen LogP) is 1.37. The third-order valence-corrected chi connectivity index (χ3v) is 3.19. The summed E-state index contributed by atoms with van der Waals surface area (Å²) in [7, 11) is 1.97. The summed E-state index contributed by atoms with van der Waals surface area (Å²) in [5.74, 6) is 1.20. The first-order chi connectivity index (χ1) is 10.2. The predicted molar refractivity (Wildman–Crippen MR) is 76.8 cm³/mol. The van der Waals surface area contributed by atoms with Crippen molar-refractivity contribution >= 4 is 22.3 Å². The summed E-state index contributed by atoms with van der Waals surface area (Å²) in [5, 5.41) is 25.4. The largest absolute Gasteiger partial charge is 0.360 e. The van der Waals surface area contributed by atoms with Crippen molar-refractivity contribution < 1.29 is 0 Å². The minimum Gasteiger partial charge on any atom is -0.360 e. The van der Waals surface area contributed by atoms with Gasteiger partial charge in [0.2, 0.25) is 5.82 Å². The van der Waals surface area contributed by atoms with Gasteiger partial charge in [-0.15, -0.1) is 10.2 Å². The van der Waals surface area contributed by atoms with Crippen molar-refractivity contribution in [3.63, 3.8) is 0 Å². The van der Waals surface area contributed by atoms with Gasteiger partial charge < -0.3 is 9.88 Å². The Labute approximate surface area is 120 Å². The van der Waals surface area contributed by atoms with E-state index < -0.39 is 0 Å². The number of imidazole rings is 1. The molecule has 2 aromatic heterocycles. The van der Waals surface area contributed by atoms with Crippen molar-refractivity contribution in [2.75, 3.05) is 5.32 Å². The lowest BCUT2D eigenvalue weighted by molar-refractivity contribution is 0.881. The molecule has 21 heavy (non-hydrogen) atoms. The normalized spacial score (nSPS) is 11.6. The fraction of sp³-hybridized carbons (Fsp3) is 0.154. The average molecular weight is 280 g/mol. The first-order valence-electron chi connectivity index (χ1n) is 6.23. The van der Waals surface area contributed by atoms with Crippen molar-refractivity contribution in [1.29, 1.82) is 5.26 Å². The topological polar surface area (TPSA) is 108 Å². The number of nitrogens with zero attached hydrogens (tertiary/aromatic N) is 6. The molecule has 0 unspecified atom stereocenters. The van der Waals surface area contributed by atoms with E-state index in [1.807, 2.05) is 42.8 Å². The number of nitriles is 1. The number of rotatable bonds is 3. The molecule has 104 valence electrons. The smallest absolute Gasteiger partial charge is 0.216 e. The highest BCUT2D eigenvalue weighted by Crippen LogP contribution is 2.20. The van der Waals surface area contributed by atoms with Gasteiger partial charge >= 0.3 is 0 Å². The number of allylic oxidation sites excluding steroid dienone is 1. The molecular formula is C13H12N8. The molecule has 0 saturated carbocycles. The number of hydrogen-bond acceptors (Lipinski definition) is 6. The highest BCUT2D eigenvalue weighted by molar-refractivity contribution is 5.81. The molecule has 0 amide bonds. The number of anilines is 1. The minimum absolute atomic E-state index is 0.250. The molecular weight excluding hydrogens is 268 g/mol. The second kappa shape index (κ2) is 5.05. The Balaban J connectivity index is 1.90. The lowest BCUT2D eigenvalue weighted by Crippen LogP contribution is -1.93. The van der Waals surface area contributed by atoms with Gasteiger partial charge in [0.15, 0.2) is 0 Å². The highest BCUT2D eigenvalue weighted by atomic mass is 15.5. The van der Waals surface area contributed by atoms with Crippen LogP contribution in [0.3, 0.4) is 0 Å². The number of benzene rings is 1. The zero-order chi connectivity index (χ0) is 14.8. The van der Waals surface area contributed by atoms with E-state index in [0.717, 1.165) is 22.5 Å². The summed E-state index contributed by atoms with van der Waals surface area (Å²) in [4.78, 5) is 4.47. The van der Waals surface area contributed by atoms with Crippen LogP contribution in [0.5, 0.6) is 0 Å². The van der Waals surface area contributed by atoms with E-state index in [2.05, 4.69) is 30.9 Å². The molecule has 0 spiro atoms. The Kier molecular flexibility index (Phi) is 3.08. The molecule has 0 bridgehead atoms. The molecule has 2 N–H and O–H groups in total. The van der Waals surface area contributed by atoms with Gasteiger partial charge in [-0.2, -0.15) is 10.5 Å². The van der Waals surface area contributed by atoms with Crippen LogP contribution in [-0.4, -0.2) is 30.2 Å². The second-order valence-corrected chi connectivity index (χ2v) is 4.47. The van der Waals surface area contributed by atoms with Gasteiger partial charge in [-0.05, 0) is 30.3 Å². The van der Waals surface area contributed by atoms with Gasteiger partial charge in [0.25, 0.3) is 0 Å². The van der Waals surface area contributed by atoms with Crippen LogP contribution in [-0.2, 0) is 7.05 Å². The molecule has 0 saturated heterocycles. The van der Waals surface area contributed by atoms with Gasteiger partial charge in [-0.3, -0.25) is 0 Å². The van der Waals surface area contributed by atoms with Crippen LogP contribution in [0.25, 0.3) is 16.6 Å². The maximum Gasteiger partial charge on any atom is 0.216 e. The summed E-state index contributed by atoms with van der Waals surface area (Å²) >= 11 is 0. The standard InChI is InChI=1S/C13H12N8/c1-8-16-11-5-10(3-4-12(11)21(8)2)15-7-9(6-14)13-17-19-20-18-13/h3-5,7,15H,1-2H3,(H,17,18,19,20). The minimum atomic E-state index is 0.250. The van der Waals surface area contributed by atoms with Crippen molar-refractivity contribution in [3.05, 3.63) is 36.0 Å². The van der Waals surface area contributed by atoms with Crippen molar-refractivity contribution in [2.24, 2.45) is 7.05 Å². The molecule has 8 nitrogen and oxygen atoms in total. The SMILES string of the molecule is Cc1nc2cc(NC=C(C#N)c3nn[nH]n3)ccc2n1C. The highest BCUT2D eigenvalue weighted by Gasteiger charge is 2.07. The number of aromatic amines is 1. The summed E-state index contributed by atoms with van der Waals surface area (Å²) in [5.41, 5.74) is 3.07. The maximum atomic E-state index is 9.09. The van der Waals surface area contributed by atoms with Crippen LogP contribution >= 0.6 is 0 Å². The fourth-order valence-corrected chi connectivity index (χ4v) is 1.99. The quantitative estimate of drug-likeness (QED) is 0.701. The van der Waals surface area contributed by atoms with E-state index in [1.165, 1.54) is 0 Å². The van der Waals surface area contributed by atoms with Crippen molar-refractivity contribution in [1.82, 2.24) is 30.2 Å². The molecule has 3 rings (SSSR count). The number of H-pyrrole nitrogens is 1. The first kappa shape index (κ1) is 12.8. The zero-order valence-electron chi connectivity index (χ0n) is 11.5. The van der Waals surface area contributed by atoms with Crippen LogP contribution in [0.15, 0.2) is 24.4 Å². The number of aromatic nitrogens is 6. The number of aryl methyl sites for hydroxylation is 2. The second-order valence-electron chi connectivity index (χ2n) is 4.47. The molecule has 8 heteroatoms. The van der Waals surface area contributed by atoms with Gasteiger partial charge in [-0.1, -0.05) is 0 Å². The monoisotopic (exact) mass is 280 g/mol. The van der Waals surface area contributed by atoms with E-state index >= 15 is 0 Å². The molecule has 0 aliphatic rings. The number of tetrazole rings is 1. The van der Waals surface area contributed by atoms with E-state index in [1.54, 1.807) is 6.20 Å². The number of nitrogens with one attached hydrogen (secondary N) is 2. The molecule has 0 atom stereocenters. The summed E-state index contributed by atoms with van der Waals surface area (Å²) in [6.07, 6.45) is 1.54. The van der Waals surface area contributed by atoms with Gasteiger partial charge in [0, 0.05) is 18.9 Å².